The third-order valence-electron chi connectivity index (χ3n) is 4.88. The molecule has 0 heterocycles. The van der Waals surface area contributed by atoms with E-state index < -0.39 is 0 Å². The number of hydrogen-bond acceptors (Lipinski definition) is 3. The van der Waals surface area contributed by atoms with Crippen LogP contribution < -0.4 is 5.32 Å². The lowest BCUT2D eigenvalue weighted by Crippen LogP contribution is -2.41. The Labute approximate surface area is 157 Å². The number of carbonyl (C=O) groups is 1. The molecule has 0 bridgehead atoms. The Morgan fingerprint density at radius 2 is 1.27 bits per heavy atom. The Morgan fingerprint density at radius 1 is 0.808 bits per heavy atom. The summed E-state index contributed by atoms with van der Waals surface area (Å²) in [6.45, 7) is 6.89. The molecule has 0 saturated carbocycles. The highest BCUT2D eigenvalue weighted by Gasteiger charge is 2.25. The van der Waals surface area contributed by atoms with E-state index in [9.17, 15) is 4.79 Å². The van der Waals surface area contributed by atoms with Gasteiger partial charge < -0.3 is 10.1 Å². The van der Waals surface area contributed by atoms with Gasteiger partial charge in [-0.05, 0) is 30.4 Å². The SMILES string of the molecule is CCC(CC)N[C@H](CC)COC(=O)C(c1ccccc1)c1ccccc1. The summed E-state index contributed by atoms with van der Waals surface area (Å²) in [4.78, 5) is 12.9. The van der Waals surface area contributed by atoms with Gasteiger partial charge in [0.25, 0.3) is 0 Å². The fourth-order valence-electron chi connectivity index (χ4n) is 3.16. The van der Waals surface area contributed by atoms with Crippen LogP contribution in [0.15, 0.2) is 60.7 Å². The Bertz CT molecular complexity index is 598. The van der Waals surface area contributed by atoms with E-state index in [0.29, 0.717) is 12.6 Å². The number of hydrogen-bond donors (Lipinski definition) is 1. The Morgan fingerprint density at radius 3 is 1.69 bits per heavy atom. The zero-order valence-electron chi connectivity index (χ0n) is 16.2. The van der Waals surface area contributed by atoms with Crippen LogP contribution in [0.25, 0.3) is 0 Å². The topological polar surface area (TPSA) is 38.3 Å². The molecule has 0 amide bonds. The molecule has 0 spiro atoms. The van der Waals surface area contributed by atoms with Gasteiger partial charge >= 0.3 is 5.97 Å². The molecule has 3 nitrogen and oxygen atoms in total. The first kappa shape index (κ1) is 20.2. The van der Waals surface area contributed by atoms with Crippen molar-refractivity contribution in [3.63, 3.8) is 0 Å². The van der Waals surface area contributed by atoms with Gasteiger partial charge in [0.2, 0.25) is 0 Å². The van der Waals surface area contributed by atoms with Crippen LogP contribution in [0.2, 0.25) is 0 Å². The fourth-order valence-corrected chi connectivity index (χ4v) is 3.16. The summed E-state index contributed by atoms with van der Waals surface area (Å²) in [5, 5.41) is 3.60. The van der Waals surface area contributed by atoms with Crippen LogP contribution in [0.3, 0.4) is 0 Å². The van der Waals surface area contributed by atoms with Crippen molar-refractivity contribution in [3.05, 3.63) is 71.8 Å². The van der Waals surface area contributed by atoms with E-state index in [4.69, 9.17) is 4.74 Å². The molecule has 0 aromatic heterocycles. The van der Waals surface area contributed by atoms with Crippen LogP contribution in [-0.2, 0) is 9.53 Å². The van der Waals surface area contributed by atoms with Crippen molar-refractivity contribution in [3.8, 4) is 0 Å². The molecule has 0 aliphatic heterocycles. The number of rotatable bonds is 10. The first-order valence-corrected chi connectivity index (χ1v) is 9.72. The van der Waals surface area contributed by atoms with E-state index in [1.807, 2.05) is 60.7 Å². The number of ether oxygens (including phenoxy) is 1. The van der Waals surface area contributed by atoms with Crippen LogP contribution in [0.4, 0.5) is 0 Å². The molecule has 2 rings (SSSR count). The van der Waals surface area contributed by atoms with Crippen molar-refractivity contribution in [2.45, 2.75) is 58.0 Å². The maximum absolute atomic E-state index is 12.9. The summed E-state index contributed by atoms with van der Waals surface area (Å²) in [7, 11) is 0. The highest BCUT2D eigenvalue weighted by atomic mass is 16.5. The summed E-state index contributed by atoms with van der Waals surface area (Å²) >= 11 is 0. The Hall–Kier alpha value is -2.13. The lowest BCUT2D eigenvalue weighted by atomic mass is 9.91. The molecule has 1 N–H and O–H groups in total. The number of benzene rings is 2. The second kappa shape index (κ2) is 10.8. The molecular weight excluding hydrogens is 322 g/mol. The van der Waals surface area contributed by atoms with E-state index in [2.05, 4.69) is 26.1 Å². The van der Waals surface area contributed by atoms with Crippen molar-refractivity contribution in [1.82, 2.24) is 5.32 Å². The van der Waals surface area contributed by atoms with E-state index in [-0.39, 0.29) is 17.9 Å². The molecule has 140 valence electrons. The van der Waals surface area contributed by atoms with Crippen LogP contribution in [0.1, 0.15) is 57.1 Å². The summed E-state index contributed by atoms with van der Waals surface area (Å²) in [5.41, 5.74) is 1.93. The van der Waals surface area contributed by atoms with Crippen molar-refractivity contribution in [1.29, 1.82) is 0 Å². The molecule has 26 heavy (non-hydrogen) atoms. The smallest absolute Gasteiger partial charge is 0.317 e. The molecule has 2 aromatic rings. The molecule has 1 atom stereocenters. The van der Waals surface area contributed by atoms with Crippen molar-refractivity contribution in [2.75, 3.05) is 6.61 Å². The van der Waals surface area contributed by atoms with Crippen LogP contribution in [0.5, 0.6) is 0 Å². The molecule has 2 aromatic carbocycles. The minimum atomic E-state index is -0.386. The highest BCUT2D eigenvalue weighted by Crippen LogP contribution is 2.26. The van der Waals surface area contributed by atoms with Gasteiger partial charge in [0.15, 0.2) is 0 Å². The van der Waals surface area contributed by atoms with Crippen LogP contribution in [0, 0.1) is 0 Å². The molecule has 0 unspecified atom stereocenters. The molecular formula is C23H31NO2. The van der Waals surface area contributed by atoms with E-state index >= 15 is 0 Å². The van der Waals surface area contributed by atoms with Gasteiger partial charge in [-0.3, -0.25) is 4.79 Å². The predicted molar refractivity (Wildman–Crippen MR) is 107 cm³/mol. The average Bonchev–Trinajstić information content (AvgIpc) is 2.70. The van der Waals surface area contributed by atoms with Crippen molar-refractivity contribution < 1.29 is 9.53 Å². The Balaban J connectivity index is 2.10. The fraction of sp³-hybridized carbons (Fsp3) is 0.435. The van der Waals surface area contributed by atoms with Crippen LogP contribution in [-0.4, -0.2) is 24.7 Å². The summed E-state index contributed by atoms with van der Waals surface area (Å²) < 4.78 is 5.75. The van der Waals surface area contributed by atoms with Crippen LogP contribution >= 0.6 is 0 Å². The number of nitrogens with one attached hydrogen (secondary N) is 1. The maximum atomic E-state index is 12.9. The highest BCUT2D eigenvalue weighted by molar-refractivity contribution is 5.82. The summed E-state index contributed by atoms with van der Waals surface area (Å²) in [6.07, 6.45) is 3.10. The molecule has 0 aliphatic rings. The lowest BCUT2D eigenvalue weighted by Gasteiger charge is -2.24. The van der Waals surface area contributed by atoms with Gasteiger partial charge in [-0.1, -0.05) is 81.4 Å². The standard InChI is InChI=1S/C23H31NO2/c1-4-20(5-2)24-21(6-3)17-26-23(25)22(18-13-9-7-10-14-18)19-15-11-8-12-16-19/h7-16,20-22,24H,4-6,17H2,1-3H3/t21-/m1/s1. The van der Waals surface area contributed by atoms with E-state index in [1.54, 1.807) is 0 Å². The third kappa shape index (κ3) is 5.70. The monoisotopic (exact) mass is 353 g/mol. The van der Waals surface area contributed by atoms with E-state index in [1.165, 1.54) is 0 Å². The van der Waals surface area contributed by atoms with E-state index in [0.717, 1.165) is 30.4 Å². The normalized spacial score (nSPS) is 12.3. The average molecular weight is 354 g/mol. The second-order valence-electron chi connectivity index (χ2n) is 6.67. The Kier molecular flexibility index (Phi) is 8.36. The summed E-state index contributed by atoms with van der Waals surface area (Å²) in [5.74, 6) is -0.574. The first-order valence-electron chi connectivity index (χ1n) is 9.72. The molecule has 3 heteroatoms. The number of carbonyl (C=O) groups excluding carboxylic acids is 1. The van der Waals surface area contributed by atoms with Crippen molar-refractivity contribution in [2.24, 2.45) is 0 Å². The summed E-state index contributed by atoms with van der Waals surface area (Å²) in [6, 6.07) is 20.4. The van der Waals surface area contributed by atoms with Crippen molar-refractivity contribution >= 4 is 5.97 Å². The molecule has 0 radical (unpaired) electrons. The lowest BCUT2D eigenvalue weighted by molar-refractivity contribution is -0.145. The predicted octanol–water partition coefficient (Wildman–Crippen LogP) is 4.92. The van der Waals surface area contributed by atoms with Gasteiger partial charge in [0.05, 0.1) is 0 Å². The van der Waals surface area contributed by atoms with Gasteiger partial charge in [-0.25, -0.2) is 0 Å². The van der Waals surface area contributed by atoms with Gasteiger partial charge in [-0.15, -0.1) is 0 Å². The quantitative estimate of drug-likeness (QED) is 0.616. The first-order chi connectivity index (χ1) is 12.7. The number of esters is 1. The van der Waals surface area contributed by atoms with Gasteiger partial charge in [-0.2, -0.15) is 0 Å². The molecule has 0 aliphatic carbocycles. The molecule has 0 fully saturated rings. The largest absolute Gasteiger partial charge is 0.463 e. The second-order valence-corrected chi connectivity index (χ2v) is 6.67. The molecule has 0 saturated heterocycles. The third-order valence-corrected chi connectivity index (χ3v) is 4.88. The zero-order chi connectivity index (χ0) is 18.8. The van der Waals surface area contributed by atoms with Gasteiger partial charge in [0.1, 0.15) is 12.5 Å². The maximum Gasteiger partial charge on any atom is 0.317 e. The zero-order valence-corrected chi connectivity index (χ0v) is 16.2. The van der Waals surface area contributed by atoms with Gasteiger partial charge in [0, 0.05) is 12.1 Å². The minimum absolute atomic E-state index is 0.188. The minimum Gasteiger partial charge on any atom is -0.463 e.